The van der Waals surface area contributed by atoms with Crippen LogP contribution in [0.15, 0.2) is 24.3 Å². The molecule has 0 aliphatic carbocycles. The number of hydrogen-bond acceptors (Lipinski definition) is 1. The molecule has 1 aromatic carbocycles. The Kier molecular flexibility index (Phi) is 4.15. The minimum absolute atomic E-state index is 0.250. The van der Waals surface area contributed by atoms with Crippen molar-refractivity contribution in [1.82, 2.24) is 0 Å². The van der Waals surface area contributed by atoms with Gasteiger partial charge in [-0.2, -0.15) is 0 Å². The quantitative estimate of drug-likeness (QED) is 0.744. The Labute approximate surface area is 90.1 Å². The molecule has 0 N–H and O–H groups in total. The normalized spacial score (nSPS) is 12.5. The van der Waals surface area contributed by atoms with Crippen LogP contribution >= 0.6 is 11.6 Å². The molecule has 0 aliphatic rings. The number of carbonyl (C=O) groups excluding carboxylic acids is 1. The summed E-state index contributed by atoms with van der Waals surface area (Å²) in [5.74, 6) is 0.644. The second-order valence-electron chi connectivity index (χ2n) is 3.85. The number of carbonyl (C=O) groups is 1. The zero-order valence-electron chi connectivity index (χ0n) is 8.59. The summed E-state index contributed by atoms with van der Waals surface area (Å²) in [7, 11) is 0. The third-order valence-electron chi connectivity index (χ3n) is 2.11. The van der Waals surface area contributed by atoms with Crippen molar-refractivity contribution in [2.24, 2.45) is 5.92 Å². The monoisotopic (exact) mass is 210 g/mol. The third kappa shape index (κ3) is 3.93. The number of rotatable bonds is 4. The Morgan fingerprint density at radius 2 is 2.21 bits per heavy atom. The van der Waals surface area contributed by atoms with Gasteiger partial charge in [0.1, 0.15) is 5.78 Å². The van der Waals surface area contributed by atoms with Gasteiger partial charge in [-0.05, 0) is 37.0 Å². The van der Waals surface area contributed by atoms with E-state index in [-0.39, 0.29) is 5.78 Å². The van der Waals surface area contributed by atoms with Gasteiger partial charge in [-0.1, -0.05) is 30.7 Å². The topological polar surface area (TPSA) is 17.1 Å². The van der Waals surface area contributed by atoms with Crippen LogP contribution in [0.5, 0.6) is 0 Å². The first kappa shape index (κ1) is 11.3. The Balaban J connectivity index is 2.55. The predicted molar refractivity (Wildman–Crippen MR) is 59.6 cm³/mol. The van der Waals surface area contributed by atoms with Crippen molar-refractivity contribution in [3.05, 3.63) is 34.9 Å². The predicted octanol–water partition coefficient (Wildman–Crippen LogP) is 3.50. The number of halogens is 1. The first-order valence-electron chi connectivity index (χ1n) is 4.82. The van der Waals surface area contributed by atoms with Crippen LogP contribution in [0.2, 0.25) is 5.02 Å². The Morgan fingerprint density at radius 1 is 1.50 bits per heavy atom. The van der Waals surface area contributed by atoms with Gasteiger partial charge in [0, 0.05) is 11.4 Å². The Morgan fingerprint density at radius 3 is 2.79 bits per heavy atom. The van der Waals surface area contributed by atoms with Crippen molar-refractivity contribution in [1.29, 1.82) is 0 Å². The van der Waals surface area contributed by atoms with E-state index in [2.05, 4.69) is 6.92 Å². The maximum atomic E-state index is 10.9. The van der Waals surface area contributed by atoms with Crippen LogP contribution in [-0.4, -0.2) is 5.78 Å². The minimum Gasteiger partial charge on any atom is -0.300 e. The molecule has 0 radical (unpaired) electrons. The van der Waals surface area contributed by atoms with Crippen LogP contribution in [0.4, 0.5) is 0 Å². The number of Topliss-reactive ketones (excluding diaryl/α,β-unsaturated/α-hetero) is 1. The van der Waals surface area contributed by atoms with Crippen LogP contribution in [0, 0.1) is 5.92 Å². The average Bonchev–Trinajstić information content (AvgIpc) is 2.01. The van der Waals surface area contributed by atoms with Gasteiger partial charge < -0.3 is 4.79 Å². The summed E-state index contributed by atoms with van der Waals surface area (Å²) in [6, 6.07) is 7.81. The summed E-state index contributed by atoms with van der Waals surface area (Å²) in [6.07, 6.45) is 1.56. The molecule has 0 bridgehead atoms. The van der Waals surface area contributed by atoms with E-state index in [1.165, 1.54) is 5.56 Å². The second-order valence-corrected chi connectivity index (χ2v) is 4.28. The molecule has 0 heterocycles. The Hall–Kier alpha value is -0.820. The molecule has 0 aliphatic heterocycles. The highest BCUT2D eigenvalue weighted by Gasteiger charge is 2.06. The lowest BCUT2D eigenvalue weighted by molar-refractivity contribution is -0.117. The molecule has 0 amide bonds. The molecule has 1 aromatic rings. The van der Waals surface area contributed by atoms with Crippen LogP contribution in [0.1, 0.15) is 25.8 Å². The van der Waals surface area contributed by atoms with E-state index in [1.54, 1.807) is 6.92 Å². The van der Waals surface area contributed by atoms with Gasteiger partial charge in [0.25, 0.3) is 0 Å². The van der Waals surface area contributed by atoms with E-state index in [9.17, 15) is 4.79 Å². The molecule has 1 unspecified atom stereocenters. The number of benzene rings is 1. The lowest BCUT2D eigenvalue weighted by Gasteiger charge is -2.09. The highest BCUT2D eigenvalue weighted by Crippen LogP contribution is 2.16. The smallest absolute Gasteiger partial charge is 0.130 e. The van der Waals surface area contributed by atoms with Crippen molar-refractivity contribution in [3.63, 3.8) is 0 Å². The van der Waals surface area contributed by atoms with Gasteiger partial charge in [-0.15, -0.1) is 0 Å². The summed E-state index contributed by atoms with van der Waals surface area (Å²) in [4.78, 5) is 10.9. The molecule has 1 rings (SSSR count). The molecule has 0 aromatic heterocycles. The largest absolute Gasteiger partial charge is 0.300 e. The first-order valence-corrected chi connectivity index (χ1v) is 5.19. The van der Waals surface area contributed by atoms with Crippen LogP contribution in [0.25, 0.3) is 0 Å². The van der Waals surface area contributed by atoms with Gasteiger partial charge in [-0.25, -0.2) is 0 Å². The molecule has 76 valence electrons. The summed E-state index contributed by atoms with van der Waals surface area (Å²) in [6.45, 7) is 3.72. The van der Waals surface area contributed by atoms with Gasteiger partial charge in [0.15, 0.2) is 0 Å². The van der Waals surface area contributed by atoms with Gasteiger partial charge in [0.2, 0.25) is 0 Å². The molecule has 0 saturated heterocycles. The maximum absolute atomic E-state index is 10.9. The molecular weight excluding hydrogens is 196 g/mol. The SMILES string of the molecule is CC(=O)CC(C)Cc1cccc(Cl)c1. The molecule has 0 fully saturated rings. The van der Waals surface area contributed by atoms with Crippen molar-refractivity contribution in [2.75, 3.05) is 0 Å². The average molecular weight is 211 g/mol. The van der Waals surface area contributed by atoms with Crippen molar-refractivity contribution < 1.29 is 4.79 Å². The lowest BCUT2D eigenvalue weighted by atomic mass is 9.97. The van der Waals surface area contributed by atoms with E-state index >= 15 is 0 Å². The summed E-state index contributed by atoms with van der Waals surface area (Å²) >= 11 is 5.87. The molecule has 1 atom stereocenters. The highest BCUT2D eigenvalue weighted by atomic mass is 35.5. The third-order valence-corrected chi connectivity index (χ3v) is 2.34. The second kappa shape index (κ2) is 5.16. The van der Waals surface area contributed by atoms with E-state index in [1.807, 2.05) is 24.3 Å². The molecule has 0 spiro atoms. The molecule has 2 heteroatoms. The minimum atomic E-state index is 0.250. The summed E-state index contributed by atoms with van der Waals surface area (Å²) in [5, 5.41) is 0.762. The maximum Gasteiger partial charge on any atom is 0.130 e. The van der Waals surface area contributed by atoms with Gasteiger partial charge in [0.05, 0.1) is 0 Å². The zero-order chi connectivity index (χ0) is 10.6. The molecule has 0 saturated carbocycles. The number of hydrogen-bond donors (Lipinski definition) is 0. The zero-order valence-corrected chi connectivity index (χ0v) is 9.34. The standard InChI is InChI=1S/C12H15ClO/c1-9(6-10(2)14)7-11-4-3-5-12(13)8-11/h3-5,8-9H,6-7H2,1-2H3. The van der Waals surface area contributed by atoms with Gasteiger partial charge >= 0.3 is 0 Å². The fourth-order valence-corrected chi connectivity index (χ4v) is 1.84. The molecule has 1 nitrogen and oxygen atoms in total. The highest BCUT2D eigenvalue weighted by molar-refractivity contribution is 6.30. The fraction of sp³-hybridized carbons (Fsp3) is 0.417. The van der Waals surface area contributed by atoms with E-state index in [0.717, 1.165) is 11.4 Å². The summed E-state index contributed by atoms with van der Waals surface area (Å²) < 4.78 is 0. The number of ketones is 1. The Bertz CT molecular complexity index is 320. The van der Waals surface area contributed by atoms with Crippen LogP contribution in [0.3, 0.4) is 0 Å². The van der Waals surface area contributed by atoms with Crippen LogP contribution in [-0.2, 0) is 11.2 Å². The van der Waals surface area contributed by atoms with Crippen molar-refractivity contribution in [2.45, 2.75) is 26.7 Å². The van der Waals surface area contributed by atoms with Gasteiger partial charge in [-0.3, -0.25) is 0 Å². The van der Waals surface area contributed by atoms with Crippen molar-refractivity contribution >= 4 is 17.4 Å². The molecular formula is C12H15ClO. The van der Waals surface area contributed by atoms with E-state index in [0.29, 0.717) is 12.3 Å². The summed E-state index contributed by atoms with van der Waals surface area (Å²) in [5.41, 5.74) is 1.20. The van der Waals surface area contributed by atoms with E-state index < -0.39 is 0 Å². The first-order chi connectivity index (χ1) is 6.58. The van der Waals surface area contributed by atoms with Crippen molar-refractivity contribution in [3.8, 4) is 0 Å². The van der Waals surface area contributed by atoms with Crippen LogP contribution < -0.4 is 0 Å². The lowest BCUT2D eigenvalue weighted by Crippen LogP contribution is -2.04. The molecule has 14 heavy (non-hydrogen) atoms. The fourth-order valence-electron chi connectivity index (χ4n) is 1.63. The van der Waals surface area contributed by atoms with E-state index in [4.69, 9.17) is 11.6 Å².